The van der Waals surface area contributed by atoms with Gasteiger partial charge in [-0.1, -0.05) is 6.07 Å². The number of carboxylic acids is 1. The molecule has 1 fully saturated rings. The Morgan fingerprint density at radius 1 is 1.26 bits per heavy atom. The van der Waals surface area contributed by atoms with Crippen LogP contribution >= 0.6 is 0 Å². The van der Waals surface area contributed by atoms with Crippen LogP contribution in [0, 0.1) is 12.8 Å². The van der Waals surface area contributed by atoms with E-state index in [4.69, 9.17) is 9.52 Å². The lowest BCUT2D eigenvalue weighted by molar-refractivity contribution is 0.0694. The van der Waals surface area contributed by atoms with Crippen molar-refractivity contribution < 1.29 is 27.5 Å². The zero-order valence-electron chi connectivity index (χ0n) is 14.7. The average molecular weight is 392 g/mol. The molecule has 9 heteroatoms. The molecular formula is C18H20N2O6S. The normalized spacial score (nSPS) is 14.1. The van der Waals surface area contributed by atoms with Gasteiger partial charge >= 0.3 is 5.97 Å². The standard InChI is InChI=1S/C18H20N2O6S/c1-11-16(18(22)23)8-14(26-11)10-19-17(21)13-3-2-4-15(7-13)27(24,25)20-9-12-5-6-12/h2-4,7-8,12,20H,5-6,9-10H2,1H3,(H,19,21)(H,22,23). The summed E-state index contributed by atoms with van der Waals surface area (Å²) in [6, 6.07) is 7.09. The highest BCUT2D eigenvalue weighted by Crippen LogP contribution is 2.28. The van der Waals surface area contributed by atoms with Gasteiger partial charge in [0.25, 0.3) is 5.91 Å². The van der Waals surface area contributed by atoms with Gasteiger partial charge in [0.05, 0.1) is 11.4 Å². The molecular weight excluding hydrogens is 372 g/mol. The maximum Gasteiger partial charge on any atom is 0.339 e. The second-order valence-corrected chi connectivity index (χ2v) is 8.26. The van der Waals surface area contributed by atoms with Crippen molar-refractivity contribution in [2.45, 2.75) is 31.2 Å². The fraction of sp³-hybridized carbons (Fsp3) is 0.333. The van der Waals surface area contributed by atoms with Crippen molar-refractivity contribution in [2.24, 2.45) is 5.92 Å². The van der Waals surface area contributed by atoms with E-state index in [0.29, 0.717) is 18.2 Å². The molecule has 1 heterocycles. The van der Waals surface area contributed by atoms with Crippen LogP contribution in [0.1, 0.15) is 45.1 Å². The molecule has 2 aromatic rings. The first-order valence-corrected chi connectivity index (χ1v) is 9.95. The first-order valence-electron chi connectivity index (χ1n) is 8.47. The van der Waals surface area contributed by atoms with Crippen LogP contribution in [0.25, 0.3) is 0 Å². The topological polar surface area (TPSA) is 126 Å². The van der Waals surface area contributed by atoms with Crippen LogP contribution in [0.15, 0.2) is 39.6 Å². The van der Waals surface area contributed by atoms with Gasteiger partial charge in [0.2, 0.25) is 10.0 Å². The fourth-order valence-corrected chi connectivity index (χ4v) is 3.71. The predicted molar refractivity (Wildman–Crippen MR) is 95.9 cm³/mol. The summed E-state index contributed by atoms with van der Waals surface area (Å²) in [5.74, 6) is -0.640. The molecule has 1 amide bonds. The lowest BCUT2D eigenvalue weighted by atomic mass is 10.2. The Balaban J connectivity index is 1.66. The Labute approximate surface area is 156 Å². The van der Waals surface area contributed by atoms with Gasteiger partial charge in [-0.05, 0) is 49.9 Å². The monoisotopic (exact) mass is 392 g/mol. The van der Waals surface area contributed by atoms with Crippen molar-refractivity contribution in [1.82, 2.24) is 10.0 Å². The second-order valence-electron chi connectivity index (χ2n) is 6.49. The molecule has 1 aliphatic rings. The van der Waals surface area contributed by atoms with Gasteiger partial charge in [0, 0.05) is 12.1 Å². The van der Waals surface area contributed by atoms with Gasteiger partial charge in [0.1, 0.15) is 17.1 Å². The quantitative estimate of drug-likeness (QED) is 0.630. The first kappa shape index (κ1) is 19.1. The van der Waals surface area contributed by atoms with E-state index in [-0.39, 0.29) is 28.3 Å². The predicted octanol–water partition coefficient (Wildman–Crippen LogP) is 1.90. The highest BCUT2D eigenvalue weighted by Gasteiger charge is 2.24. The smallest absolute Gasteiger partial charge is 0.339 e. The number of aryl methyl sites for hydroxylation is 1. The number of benzene rings is 1. The molecule has 1 aliphatic carbocycles. The van der Waals surface area contributed by atoms with Crippen molar-refractivity contribution in [3.8, 4) is 0 Å². The largest absolute Gasteiger partial charge is 0.478 e. The average Bonchev–Trinajstić information content (AvgIpc) is 3.39. The number of carbonyl (C=O) groups excluding carboxylic acids is 1. The SMILES string of the molecule is Cc1oc(CNC(=O)c2cccc(S(=O)(=O)NCC3CC3)c2)cc1C(=O)O. The molecule has 0 spiro atoms. The van der Waals surface area contributed by atoms with E-state index in [1.54, 1.807) is 0 Å². The van der Waals surface area contributed by atoms with Gasteiger partial charge in [0.15, 0.2) is 0 Å². The minimum absolute atomic E-state index is 0.0101. The number of furan rings is 1. The van der Waals surface area contributed by atoms with Gasteiger partial charge in [-0.2, -0.15) is 0 Å². The number of hydrogen-bond donors (Lipinski definition) is 3. The van der Waals surface area contributed by atoms with Crippen molar-refractivity contribution in [2.75, 3.05) is 6.54 Å². The third-order valence-electron chi connectivity index (χ3n) is 4.29. The number of aromatic carboxylic acids is 1. The fourth-order valence-electron chi connectivity index (χ4n) is 2.55. The molecule has 0 atom stereocenters. The Bertz CT molecular complexity index is 975. The zero-order chi connectivity index (χ0) is 19.6. The molecule has 0 unspecified atom stereocenters. The zero-order valence-corrected chi connectivity index (χ0v) is 15.5. The molecule has 0 aliphatic heterocycles. The van der Waals surface area contributed by atoms with E-state index < -0.39 is 21.9 Å². The molecule has 0 radical (unpaired) electrons. The van der Waals surface area contributed by atoms with Gasteiger partial charge < -0.3 is 14.8 Å². The van der Waals surface area contributed by atoms with Crippen LogP contribution in [0.4, 0.5) is 0 Å². The molecule has 0 bridgehead atoms. The molecule has 3 rings (SSSR count). The number of sulfonamides is 1. The van der Waals surface area contributed by atoms with Crippen LogP contribution in [-0.4, -0.2) is 31.9 Å². The van der Waals surface area contributed by atoms with Crippen molar-refractivity contribution in [3.63, 3.8) is 0 Å². The number of carboxylic acid groups (broad SMARTS) is 1. The summed E-state index contributed by atoms with van der Waals surface area (Å²) in [4.78, 5) is 23.4. The molecule has 1 saturated carbocycles. The number of nitrogens with one attached hydrogen (secondary N) is 2. The highest BCUT2D eigenvalue weighted by atomic mass is 32.2. The second kappa shape index (κ2) is 7.53. The molecule has 8 nitrogen and oxygen atoms in total. The van der Waals surface area contributed by atoms with Gasteiger partial charge in [-0.3, -0.25) is 4.79 Å². The summed E-state index contributed by atoms with van der Waals surface area (Å²) in [7, 11) is -3.66. The van der Waals surface area contributed by atoms with Crippen LogP contribution in [0.2, 0.25) is 0 Å². The number of amides is 1. The van der Waals surface area contributed by atoms with Crippen LogP contribution in [-0.2, 0) is 16.6 Å². The molecule has 0 saturated heterocycles. The maximum absolute atomic E-state index is 12.3. The third-order valence-corrected chi connectivity index (χ3v) is 5.71. The van der Waals surface area contributed by atoms with Crippen molar-refractivity contribution in [3.05, 3.63) is 53.0 Å². The molecule has 1 aromatic carbocycles. The summed E-state index contributed by atoms with van der Waals surface area (Å²) >= 11 is 0. The first-order chi connectivity index (χ1) is 12.8. The number of rotatable bonds is 8. The minimum Gasteiger partial charge on any atom is -0.478 e. The van der Waals surface area contributed by atoms with E-state index in [1.807, 2.05) is 0 Å². The summed E-state index contributed by atoms with van der Waals surface area (Å²) in [5, 5.41) is 11.6. The molecule has 3 N–H and O–H groups in total. The summed E-state index contributed by atoms with van der Waals surface area (Å²) in [5.41, 5.74) is 0.222. The summed E-state index contributed by atoms with van der Waals surface area (Å²) < 4.78 is 32.5. The third kappa shape index (κ3) is 4.75. The van der Waals surface area contributed by atoms with E-state index in [1.165, 1.54) is 37.3 Å². The Hall–Kier alpha value is -2.65. The Morgan fingerprint density at radius 3 is 2.63 bits per heavy atom. The van der Waals surface area contributed by atoms with Gasteiger partial charge in [-0.25, -0.2) is 17.9 Å². The van der Waals surface area contributed by atoms with E-state index in [2.05, 4.69) is 10.0 Å². The van der Waals surface area contributed by atoms with E-state index in [0.717, 1.165) is 12.8 Å². The minimum atomic E-state index is -3.66. The Kier molecular flexibility index (Phi) is 5.33. The van der Waals surface area contributed by atoms with E-state index >= 15 is 0 Å². The van der Waals surface area contributed by atoms with Gasteiger partial charge in [-0.15, -0.1) is 0 Å². The van der Waals surface area contributed by atoms with Crippen LogP contribution in [0.3, 0.4) is 0 Å². The lowest BCUT2D eigenvalue weighted by Crippen LogP contribution is -2.27. The Morgan fingerprint density at radius 2 is 2.00 bits per heavy atom. The summed E-state index contributed by atoms with van der Waals surface area (Å²) in [6.45, 7) is 1.92. The van der Waals surface area contributed by atoms with E-state index in [9.17, 15) is 18.0 Å². The molecule has 27 heavy (non-hydrogen) atoms. The van der Waals surface area contributed by atoms with Crippen molar-refractivity contribution in [1.29, 1.82) is 0 Å². The number of hydrogen-bond acceptors (Lipinski definition) is 5. The lowest BCUT2D eigenvalue weighted by Gasteiger charge is -2.08. The summed E-state index contributed by atoms with van der Waals surface area (Å²) in [6.07, 6.45) is 2.06. The highest BCUT2D eigenvalue weighted by molar-refractivity contribution is 7.89. The number of carbonyl (C=O) groups is 2. The molecule has 1 aromatic heterocycles. The maximum atomic E-state index is 12.3. The van der Waals surface area contributed by atoms with Crippen molar-refractivity contribution >= 4 is 21.9 Å². The van der Waals surface area contributed by atoms with Crippen LogP contribution < -0.4 is 10.0 Å². The van der Waals surface area contributed by atoms with Crippen LogP contribution in [0.5, 0.6) is 0 Å². The molecule has 144 valence electrons.